The molecule has 0 spiro atoms. The van der Waals surface area contributed by atoms with Crippen molar-refractivity contribution in [3.8, 4) is 0 Å². The van der Waals surface area contributed by atoms with Gasteiger partial charge in [-0.25, -0.2) is 0 Å². The summed E-state index contributed by atoms with van der Waals surface area (Å²) in [6.45, 7) is 0. The van der Waals surface area contributed by atoms with Crippen molar-refractivity contribution in [1.82, 2.24) is 5.32 Å². The minimum absolute atomic E-state index is 0.0682. The second-order valence-corrected chi connectivity index (χ2v) is 4.47. The lowest BCUT2D eigenvalue weighted by atomic mass is 10.1. The van der Waals surface area contributed by atoms with E-state index < -0.39 is 0 Å². The van der Waals surface area contributed by atoms with Crippen LogP contribution in [0.15, 0.2) is 30.3 Å². The Balaban J connectivity index is 1.99. The lowest BCUT2D eigenvalue weighted by Gasteiger charge is -2.09. The first-order chi connectivity index (χ1) is 6.77. The van der Waals surface area contributed by atoms with Gasteiger partial charge in [-0.1, -0.05) is 46.3 Å². The lowest BCUT2D eigenvalue weighted by molar-refractivity contribution is -0.120. The van der Waals surface area contributed by atoms with Crippen LogP contribution in [0.4, 0.5) is 0 Å². The Kier molecular flexibility index (Phi) is 2.87. The van der Waals surface area contributed by atoms with Gasteiger partial charge in [-0.2, -0.15) is 0 Å². The van der Waals surface area contributed by atoms with Gasteiger partial charge < -0.3 is 5.32 Å². The average molecular weight is 254 g/mol. The Morgan fingerprint density at radius 3 is 2.57 bits per heavy atom. The normalized spacial score (nSPS) is 17.5. The van der Waals surface area contributed by atoms with E-state index in [2.05, 4.69) is 21.2 Å². The number of rotatable bonds is 3. The molecule has 1 fully saturated rings. The molecule has 0 aromatic heterocycles. The van der Waals surface area contributed by atoms with Gasteiger partial charge in [0, 0.05) is 6.04 Å². The molecule has 2 rings (SSSR count). The molecule has 1 aromatic carbocycles. The second kappa shape index (κ2) is 4.13. The Bertz CT molecular complexity index is 321. The number of benzene rings is 1. The van der Waals surface area contributed by atoms with Crippen molar-refractivity contribution in [2.75, 3.05) is 0 Å². The van der Waals surface area contributed by atoms with Crippen LogP contribution >= 0.6 is 15.9 Å². The fourth-order valence-corrected chi connectivity index (χ4v) is 1.71. The van der Waals surface area contributed by atoms with E-state index in [-0.39, 0.29) is 10.7 Å². The van der Waals surface area contributed by atoms with Crippen LogP contribution in [0.5, 0.6) is 0 Å². The van der Waals surface area contributed by atoms with Crippen LogP contribution in [0.25, 0.3) is 0 Å². The molecular formula is C11H12BrNO. The smallest absolute Gasteiger partial charge is 0.238 e. The summed E-state index contributed by atoms with van der Waals surface area (Å²) >= 11 is 3.40. The Hall–Kier alpha value is -0.830. The monoisotopic (exact) mass is 253 g/mol. The second-order valence-electron chi connectivity index (χ2n) is 3.56. The molecule has 0 bridgehead atoms. The number of halogens is 1. The van der Waals surface area contributed by atoms with E-state index in [1.807, 2.05) is 30.3 Å². The number of carbonyl (C=O) groups excluding carboxylic acids is 1. The van der Waals surface area contributed by atoms with Crippen LogP contribution in [0.1, 0.15) is 23.2 Å². The number of hydrogen-bond donors (Lipinski definition) is 1. The lowest BCUT2D eigenvalue weighted by Crippen LogP contribution is -2.28. The highest BCUT2D eigenvalue weighted by atomic mass is 79.9. The number of amides is 1. The highest BCUT2D eigenvalue weighted by Crippen LogP contribution is 2.25. The molecule has 1 saturated carbocycles. The standard InChI is InChI=1S/C11H12BrNO/c12-10(8-4-2-1-3-5-8)11(14)13-9-6-7-9/h1-5,9-10H,6-7H2,(H,13,14). The average Bonchev–Trinajstić information content (AvgIpc) is 3.02. The Morgan fingerprint density at radius 2 is 2.00 bits per heavy atom. The SMILES string of the molecule is O=C(NC1CC1)C(Br)c1ccccc1. The van der Waals surface area contributed by atoms with Crippen LogP contribution < -0.4 is 5.32 Å². The van der Waals surface area contributed by atoms with E-state index in [4.69, 9.17) is 0 Å². The molecule has 0 saturated heterocycles. The number of alkyl halides is 1. The first-order valence-corrected chi connectivity index (χ1v) is 5.68. The summed E-state index contributed by atoms with van der Waals surface area (Å²) in [7, 11) is 0. The van der Waals surface area contributed by atoms with Gasteiger partial charge >= 0.3 is 0 Å². The van der Waals surface area contributed by atoms with Crippen LogP contribution in [-0.2, 0) is 4.79 Å². The quantitative estimate of drug-likeness (QED) is 0.824. The maximum Gasteiger partial charge on any atom is 0.238 e. The molecule has 1 N–H and O–H groups in total. The summed E-state index contributed by atoms with van der Waals surface area (Å²) in [4.78, 5) is 11.4. The fraction of sp³-hybridized carbons (Fsp3) is 0.364. The maximum atomic E-state index is 11.6. The van der Waals surface area contributed by atoms with E-state index in [0.29, 0.717) is 6.04 Å². The largest absolute Gasteiger partial charge is 0.352 e. The molecule has 1 atom stereocenters. The third-order valence-corrected chi connectivity index (χ3v) is 3.19. The van der Waals surface area contributed by atoms with Crippen LogP contribution in [0.2, 0.25) is 0 Å². The summed E-state index contributed by atoms with van der Waals surface area (Å²) in [5.74, 6) is 0.0682. The molecule has 0 radical (unpaired) electrons. The van der Waals surface area contributed by atoms with Crippen molar-refractivity contribution in [2.45, 2.75) is 23.7 Å². The number of carbonyl (C=O) groups is 1. The van der Waals surface area contributed by atoms with Gasteiger partial charge in [0.05, 0.1) is 0 Å². The van der Waals surface area contributed by atoms with Crippen molar-refractivity contribution in [1.29, 1.82) is 0 Å². The van der Waals surface area contributed by atoms with E-state index in [0.717, 1.165) is 18.4 Å². The zero-order valence-corrected chi connectivity index (χ0v) is 9.33. The highest BCUT2D eigenvalue weighted by molar-refractivity contribution is 9.09. The number of hydrogen-bond acceptors (Lipinski definition) is 1. The fourth-order valence-electron chi connectivity index (χ4n) is 1.28. The van der Waals surface area contributed by atoms with Crippen LogP contribution in [0, 0.1) is 0 Å². The van der Waals surface area contributed by atoms with Crippen molar-refractivity contribution >= 4 is 21.8 Å². The van der Waals surface area contributed by atoms with E-state index in [1.54, 1.807) is 0 Å². The van der Waals surface area contributed by atoms with Gasteiger partial charge in [-0.05, 0) is 18.4 Å². The molecule has 74 valence electrons. The minimum atomic E-state index is -0.218. The topological polar surface area (TPSA) is 29.1 Å². The molecule has 1 aliphatic rings. The predicted molar refractivity (Wildman–Crippen MR) is 59.3 cm³/mol. The summed E-state index contributed by atoms with van der Waals surface area (Å²) in [6.07, 6.45) is 2.25. The van der Waals surface area contributed by atoms with Gasteiger partial charge in [0.2, 0.25) is 5.91 Å². The first kappa shape index (κ1) is 9.71. The molecule has 0 heterocycles. The third-order valence-electron chi connectivity index (χ3n) is 2.25. The van der Waals surface area contributed by atoms with E-state index in [9.17, 15) is 4.79 Å². The summed E-state index contributed by atoms with van der Waals surface area (Å²) in [6, 6.07) is 10.1. The Morgan fingerprint density at radius 1 is 1.36 bits per heavy atom. The Labute approximate surface area is 91.8 Å². The summed E-state index contributed by atoms with van der Waals surface area (Å²) < 4.78 is 0. The van der Waals surface area contributed by atoms with Crippen LogP contribution in [-0.4, -0.2) is 11.9 Å². The van der Waals surface area contributed by atoms with Gasteiger partial charge in [-0.15, -0.1) is 0 Å². The van der Waals surface area contributed by atoms with E-state index >= 15 is 0 Å². The predicted octanol–water partition coefficient (Wildman–Crippen LogP) is 2.40. The zero-order chi connectivity index (χ0) is 9.97. The molecule has 14 heavy (non-hydrogen) atoms. The number of nitrogens with one attached hydrogen (secondary N) is 1. The first-order valence-electron chi connectivity index (χ1n) is 4.77. The molecule has 0 aliphatic heterocycles. The maximum absolute atomic E-state index is 11.6. The molecule has 1 aromatic rings. The van der Waals surface area contributed by atoms with Gasteiger partial charge in [0.1, 0.15) is 4.83 Å². The molecule has 2 nitrogen and oxygen atoms in total. The molecular weight excluding hydrogens is 242 g/mol. The summed E-state index contributed by atoms with van der Waals surface area (Å²) in [5.41, 5.74) is 1.01. The van der Waals surface area contributed by atoms with Crippen molar-refractivity contribution < 1.29 is 4.79 Å². The molecule has 1 unspecified atom stereocenters. The minimum Gasteiger partial charge on any atom is -0.352 e. The van der Waals surface area contributed by atoms with E-state index in [1.165, 1.54) is 0 Å². The zero-order valence-electron chi connectivity index (χ0n) is 7.74. The highest BCUT2D eigenvalue weighted by Gasteiger charge is 2.26. The molecule has 3 heteroatoms. The van der Waals surface area contributed by atoms with Gasteiger partial charge in [-0.3, -0.25) is 4.79 Å². The molecule has 1 aliphatic carbocycles. The summed E-state index contributed by atoms with van der Waals surface area (Å²) in [5, 5.41) is 2.97. The van der Waals surface area contributed by atoms with Crippen LogP contribution in [0.3, 0.4) is 0 Å². The van der Waals surface area contributed by atoms with Crippen molar-refractivity contribution in [2.24, 2.45) is 0 Å². The third kappa shape index (κ3) is 2.35. The van der Waals surface area contributed by atoms with Gasteiger partial charge in [0.15, 0.2) is 0 Å². The molecule has 1 amide bonds. The van der Waals surface area contributed by atoms with Crippen molar-refractivity contribution in [3.05, 3.63) is 35.9 Å². The van der Waals surface area contributed by atoms with Crippen molar-refractivity contribution in [3.63, 3.8) is 0 Å². The van der Waals surface area contributed by atoms with Gasteiger partial charge in [0.25, 0.3) is 0 Å².